The van der Waals surface area contributed by atoms with Crippen molar-refractivity contribution in [3.63, 3.8) is 0 Å². The lowest BCUT2D eigenvalue weighted by Crippen LogP contribution is -2.43. The van der Waals surface area contributed by atoms with Crippen molar-refractivity contribution in [3.8, 4) is 5.75 Å². The van der Waals surface area contributed by atoms with E-state index in [1.807, 2.05) is 12.1 Å². The van der Waals surface area contributed by atoms with E-state index in [0.717, 1.165) is 24.0 Å². The monoisotopic (exact) mass is 306 g/mol. The number of ether oxygens (including phenoxy) is 1. The normalized spacial score (nSPS) is 13.0. The molecule has 2 N–H and O–H groups in total. The molecule has 1 atom stereocenters. The molecule has 0 aliphatic rings. The van der Waals surface area contributed by atoms with Gasteiger partial charge < -0.3 is 15.4 Å². The SMILES string of the molecule is CN=C(NCCOc1cccnc1)NC(C)CCCC(C)C. The Bertz CT molecular complexity index is 420. The molecule has 0 saturated carbocycles. The van der Waals surface area contributed by atoms with Crippen LogP contribution in [0.3, 0.4) is 0 Å². The van der Waals surface area contributed by atoms with Crippen LogP contribution in [0.15, 0.2) is 29.5 Å². The predicted molar refractivity (Wildman–Crippen MR) is 92.4 cm³/mol. The van der Waals surface area contributed by atoms with Gasteiger partial charge in [-0.25, -0.2) is 0 Å². The lowest BCUT2D eigenvalue weighted by Gasteiger charge is -2.18. The number of aromatic nitrogens is 1. The van der Waals surface area contributed by atoms with Crippen LogP contribution in [0, 0.1) is 5.92 Å². The molecule has 0 fully saturated rings. The van der Waals surface area contributed by atoms with Crippen molar-refractivity contribution >= 4 is 5.96 Å². The topological polar surface area (TPSA) is 58.5 Å². The maximum Gasteiger partial charge on any atom is 0.191 e. The maximum atomic E-state index is 5.59. The van der Waals surface area contributed by atoms with Gasteiger partial charge in [0, 0.05) is 19.3 Å². The van der Waals surface area contributed by atoms with Gasteiger partial charge in [0.1, 0.15) is 12.4 Å². The van der Waals surface area contributed by atoms with Crippen LogP contribution in [0.25, 0.3) is 0 Å². The fourth-order valence-corrected chi connectivity index (χ4v) is 2.10. The molecule has 0 spiro atoms. The number of nitrogens with one attached hydrogen (secondary N) is 2. The molecule has 0 bridgehead atoms. The second kappa shape index (κ2) is 10.9. The van der Waals surface area contributed by atoms with Crippen molar-refractivity contribution in [2.24, 2.45) is 10.9 Å². The van der Waals surface area contributed by atoms with Gasteiger partial charge in [0.15, 0.2) is 5.96 Å². The summed E-state index contributed by atoms with van der Waals surface area (Å²) in [6, 6.07) is 4.18. The molecule has 0 aromatic carbocycles. The zero-order valence-corrected chi connectivity index (χ0v) is 14.3. The van der Waals surface area contributed by atoms with Gasteiger partial charge in [0.25, 0.3) is 0 Å². The lowest BCUT2D eigenvalue weighted by atomic mass is 10.0. The Morgan fingerprint density at radius 2 is 2.14 bits per heavy atom. The molecule has 0 radical (unpaired) electrons. The van der Waals surface area contributed by atoms with Crippen LogP contribution in [-0.2, 0) is 0 Å². The molecule has 0 amide bonds. The summed E-state index contributed by atoms with van der Waals surface area (Å²) in [5.74, 6) is 2.38. The van der Waals surface area contributed by atoms with Gasteiger partial charge in [-0.15, -0.1) is 0 Å². The summed E-state index contributed by atoms with van der Waals surface area (Å²) in [5, 5.41) is 6.67. The van der Waals surface area contributed by atoms with Crippen LogP contribution in [-0.4, -0.2) is 37.2 Å². The highest BCUT2D eigenvalue weighted by atomic mass is 16.5. The second-order valence-corrected chi connectivity index (χ2v) is 5.91. The van der Waals surface area contributed by atoms with E-state index in [9.17, 15) is 0 Å². The van der Waals surface area contributed by atoms with Gasteiger partial charge in [-0.05, 0) is 31.4 Å². The molecule has 0 saturated heterocycles. The fourth-order valence-electron chi connectivity index (χ4n) is 2.10. The van der Waals surface area contributed by atoms with Crippen LogP contribution in [0.5, 0.6) is 5.75 Å². The molecule has 0 aliphatic carbocycles. The first kappa shape index (κ1) is 18.3. The minimum atomic E-state index is 0.421. The Hall–Kier alpha value is -1.78. The Kier molecular flexibility index (Phi) is 9.03. The van der Waals surface area contributed by atoms with Gasteiger partial charge in [0.05, 0.1) is 12.7 Å². The molecule has 1 unspecified atom stereocenters. The lowest BCUT2D eigenvalue weighted by molar-refractivity contribution is 0.320. The number of guanidine groups is 1. The molecule has 1 rings (SSSR count). The summed E-state index contributed by atoms with van der Waals surface area (Å²) in [6.45, 7) is 8.00. The first-order valence-electron chi connectivity index (χ1n) is 8.11. The Labute approximate surface area is 134 Å². The number of hydrogen-bond acceptors (Lipinski definition) is 3. The molecule has 22 heavy (non-hydrogen) atoms. The van der Waals surface area contributed by atoms with E-state index in [0.29, 0.717) is 19.2 Å². The summed E-state index contributed by atoms with van der Waals surface area (Å²) >= 11 is 0. The molecule has 0 aliphatic heterocycles. The number of aliphatic imine (C=N–C) groups is 1. The predicted octanol–water partition coefficient (Wildman–Crippen LogP) is 2.84. The Morgan fingerprint density at radius 3 is 2.77 bits per heavy atom. The number of hydrogen-bond donors (Lipinski definition) is 2. The van der Waals surface area contributed by atoms with Crippen LogP contribution in [0.4, 0.5) is 0 Å². The smallest absolute Gasteiger partial charge is 0.191 e. The van der Waals surface area contributed by atoms with Crippen molar-refractivity contribution in [3.05, 3.63) is 24.5 Å². The summed E-state index contributed by atoms with van der Waals surface area (Å²) in [6.07, 6.45) is 7.12. The highest BCUT2D eigenvalue weighted by Gasteiger charge is 2.05. The van der Waals surface area contributed by atoms with Crippen LogP contribution in [0.1, 0.15) is 40.0 Å². The molecule has 1 aromatic heterocycles. The minimum absolute atomic E-state index is 0.421. The first-order valence-corrected chi connectivity index (χ1v) is 8.11. The summed E-state index contributed by atoms with van der Waals surface area (Å²) < 4.78 is 5.59. The van der Waals surface area contributed by atoms with Gasteiger partial charge >= 0.3 is 0 Å². The van der Waals surface area contributed by atoms with Crippen LogP contribution < -0.4 is 15.4 Å². The van der Waals surface area contributed by atoms with Crippen LogP contribution >= 0.6 is 0 Å². The van der Waals surface area contributed by atoms with Crippen LogP contribution in [0.2, 0.25) is 0 Å². The third-order valence-corrected chi connectivity index (χ3v) is 3.32. The zero-order valence-electron chi connectivity index (χ0n) is 14.3. The molecular formula is C17H30N4O. The van der Waals surface area contributed by atoms with E-state index < -0.39 is 0 Å². The van der Waals surface area contributed by atoms with E-state index in [-0.39, 0.29) is 0 Å². The maximum absolute atomic E-state index is 5.59. The number of nitrogens with zero attached hydrogens (tertiary/aromatic N) is 2. The van der Waals surface area contributed by atoms with Gasteiger partial charge in [-0.1, -0.05) is 26.7 Å². The van der Waals surface area contributed by atoms with Gasteiger partial charge in [0.2, 0.25) is 0 Å². The first-order chi connectivity index (χ1) is 10.6. The second-order valence-electron chi connectivity index (χ2n) is 5.91. The Morgan fingerprint density at radius 1 is 1.32 bits per heavy atom. The third-order valence-electron chi connectivity index (χ3n) is 3.32. The summed E-state index contributed by atoms with van der Waals surface area (Å²) in [4.78, 5) is 8.26. The fraction of sp³-hybridized carbons (Fsp3) is 0.647. The van der Waals surface area contributed by atoms with Gasteiger partial charge in [-0.3, -0.25) is 9.98 Å². The molecule has 124 valence electrons. The van der Waals surface area contributed by atoms with Crippen molar-refractivity contribution in [1.29, 1.82) is 0 Å². The zero-order chi connectivity index (χ0) is 16.2. The quantitative estimate of drug-likeness (QED) is 0.418. The standard InChI is InChI=1S/C17H30N4O/c1-14(2)7-5-8-15(3)21-17(18-4)20-11-12-22-16-9-6-10-19-13-16/h6,9-10,13-15H,5,7-8,11-12H2,1-4H3,(H2,18,20,21). The average molecular weight is 306 g/mol. The average Bonchev–Trinajstić information content (AvgIpc) is 2.51. The van der Waals surface area contributed by atoms with Crippen molar-refractivity contribution in [2.45, 2.75) is 46.1 Å². The highest BCUT2D eigenvalue weighted by molar-refractivity contribution is 5.79. The highest BCUT2D eigenvalue weighted by Crippen LogP contribution is 2.08. The molecule has 1 aromatic rings. The van der Waals surface area contributed by atoms with E-state index in [2.05, 4.69) is 41.4 Å². The molecule has 5 heteroatoms. The van der Waals surface area contributed by atoms with Crippen molar-refractivity contribution < 1.29 is 4.74 Å². The van der Waals surface area contributed by atoms with Crippen molar-refractivity contribution in [1.82, 2.24) is 15.6 Å². The summed E-state index contributed by atoms with van der Waals surface area (Å²) in [7, 11) is 1.79. The Balaban J connectivity index is 2.16. The molecule has 1 heterocycles. The van der Waals surface area contributed by atoms with Crippen molar-refractivity contribution in [2.75, 3.05) is 20.2 Å². The summed E-state index contributed by atoms with van der Waals surface area (Å²) in [5.41, 5.74) is 0. The van der Waals surface area contributed by atoms with E-state index in [1.54, 1.807) is 19.4 Å². The van der Waals surface area contributed by atoms with E-state index in [4.69, 9.17) is 4.74 Å². The molecule has 5 nitrogen and oxygen atoms in total. The third kappa shape index (κ3) is 8.49. The number of pyridine rings is 1. The van der Waals surface area contributed by atoms with E-state index in [1.165, 1.54) is 12.8 Å². The van der Waals surface area contributed by atoms with Gasteiger partial charge in [-0.2, -0.15) is 0 Å². The largest absolute Gasteiger partial charge is 0.490 e. The number of rotatable bonds is 9. The van der Waals surface area contributed by atoms with E-state index >= 15 is 0 Å². The minimum Gasteiger partial charge on any atom is -0.490 e. The molecular weight excluding hydrogens is 276 g/mol.